The maximum absolute atomic E-state index is 13.2. The van der Waals surface area contributed by atoms with E-state index in [9.17, 15) is 13.2 Å². The largest absolute Gasteiger partial charge is 0.460 e. The van der Waals surface area contributed by atoms with E-state index in [0.717, 1.165) is 11.4 Å². The molecule has 146 valence electrons. The minimum absolute atomic E-state index is 0.00272. The van der Waals surface area contributed by atoms with Crippen molar-refractivity contribution in [3.63, 3.8) is 0 Å². The second kappa shape index (κ2) is 6.94. The summed E-state index contributed by atoms with van der Waals surface area (Å²) < 4.78 is 31.0. The first-order valence-corrected chi connectivity index (χ1v) is 10.9. The van der Waals surface area contributed by atoms with Gasteiger partial charge in [-0.25, -0.2) is 13.1 Å². The maximum Gasteiger partial charge on any atom is 0.257 e. The van der Waals surface area contributed by atoms with E-state index in [1.54, 1.807) is 24.0 Å². The normalized spacial score (nSPS) is 18.3. The van der Waals surface area contributed by atoms with Gasteiger partial charge in [-0.15, -0.1) is 0 Å². The lowest BCUT2D eigenvalue weighted by atomic mass is 10.1. The third-order valence-corrected chi connectivity index (χ3v) is 6.77. The van der Waals surface area contributed by atoms with Crippen molar-refractivity contribution in [3.05, 3.63) is 60.0 Å². The van der Waals surface area contributed by atoms with Gasteiger partial charge in [0.2, 0.25) is 0 Å². The van der Waals surface area contributed by atoms with Crippen molar-refractivity contribution in [2.45, 2.75) is 19.4 Å². The predicted molar refractivity (Wildman–Crippen MR) is 105 cm³/mol. The average molecular weight is 399 g/mol. The van der Waals surface area contributed by atoms with Gasteiger partial charge < -0.3 is 9.32 Å². The molecule has 0 aliphatic carbocycles. The third-order valence-electron chi connectivity index (χ3n) is 5.02. The highest BCUT2D eigenvalue weighted by molar-refractivity contribution is 7.91. The first-order chi connectivity index (χ1) is 13.3. The Labute approximate surface area is 163 Å². The smallest absolute Gasteiger partial charge is 0.257 e. The summed E-state index contributed by atoms with van der Waals surface area (Å²) in [6, 6.07) is 12.8. The molecule has 1 saturated heterocycles. The summed E-state index contributed by atoms with van der Waals surface area (Å²) in [5.74, 6) is 1.06. The van der Waals surface area contributed by atoms with Crippen molar-refractivity contribution in [3.8, 4) is 17.1 Å². The van der Waals surface area contributed by atoms with Crippen LogP contribution in [0.2, 0.25) is 0 Å². The van der Waals surface area contributed by atoms with E-state index in [2.05, 4.69) is 5.10 Å². The van der Waals surface area contributed by atoms with Crippen LogP contribution in [0.3, 0.4) is 0 Å². The van der Waals surface area contributed by atoms with Crippen LogP contribution in [-0.4, -0.2) is 53.6 Å². The molecule has 1 aliphatic rings. The summed E-state index contributed by atoms with van der Waals surface area (Å²) in [4.78, 5) is 14.7. The van der Waals surface area contributed by atoms with Crippen LogP contribution in [0.1, 0.15) is 22.5 Å². The minimum atomic E-state index is -3.09. The van der Waals surface area contributed by atoms with Gasteiger partial charge in [-0.3, -0.25) is 4.79 Å². The van der Waals surface area contributed by atoms with Crippen molar-refractivity contribution in [1.29, 1.82) is 0 Å². The van der Waals surface area contributed by atoms with Crippen molar-refractivity contribution < 1.29 is 17.6 Å². The minimum Gasteiger partial charge on any atom is -0.460 e. The van der Waals surface area contributed by atoms with E-state index in [1.165, 1.54) is 4.90 Å². The highest BCUT2D eigenvalue weighted by Gasteiger charge is 2.34. The summed E-state index contributed by atoms with van der Waals surface area (Å²) in [5.41, 5.74) is 1.64. The lowest BCUT2D eigenvalue weighted by molar-refractivity contribution is 0.0748. The Hall–Kier alpha value is -2.87. The zero-order chi connectivity index (χ0) is 19.9. The summed E-state index contributed by atoms with van der Waals surface area (Å²) in [5, 5.41) is 4.58. The Morgan fingerprint density at radius 2 is 1.96 bits per heavy atom. The van der Waals surface area contributed by atoms with Gasteiger partial charge in [0.15, 0.2) is 15.6 Å². The molecule has 1 aliphatic heterocycles. The lowest BCUT2D eigenvalue weighted by Crippen LogP contribution is -2.37. The molecule has 28 heavy (non-hydrogen) atoms. The summed E-state index contributed by atoms with van der Waals surface area (Å²) in [6.45, 7) is 1.83. The van der Waals surface area contributed by atoms with Crippen LogP contribution in [-0.2, 0) is 9.84 Å². The Morgan fingerprint density at radius 1 is 1.21 bits per heavy atom. The lowest BCUT2D eigenvalue weighted by Gasteiger charge is -2.23. The Bertz CT molecular complexity index is 1120. The fraction of sp³-hybridized carbons (Fsp3) is 0.300. The highest BCUT2D eigenvalue weighted by atomic mass is 32.2. The Balaban J connectivity index is 1.74. The molecule has 1 atom stereocenters. The van der Waals surface area contributed by atoms with Crippen molar-refractivity contribution in [2.24, 2.45) is 0 Å². The quantitative estimate of drug-likeness (QED) is 0.673. The van der Waals surface area contributed by atoms with Crippen LogP contribution in [0.5, 0.6) is 0 Å². The molecule has 0 saturated carbocycles. The fourth-order valence-corrected chi connectivity index (χ4v) is 5.20. The fourth-order valence-electron chi connectivity index (χ4n) is 3.42. The van der Waals surface area contributed by atoms with Gasteiger partial charge in [0.05, 0.1) is 22.8 Å². The molecule has 3 aromatic rings. The van der Waals surface area contributed by atoms with Gasteiger partial charge in [-0.2, -0.15) is 5.10 Å². The second-order valence-corrected chi connectivity index (χ2v) is 9.28. The SMILES string of the molecule is Cc1ccc(-c2nn(-c3ccccc3)cc2C(=O)N(C)C2CCS(=O)(=O)C2)o1. The number of aromatic nitrogens is 2. The monoisotopic (exact) mass is 399 g/mol. The molecular weight excluding hydrogens is 378 g/mol. The number of hydrogen-bond donors (Lipinski definition) is 0. The number of rotatable bonds is 4. The zero-order valence-electron chi connectivity index (χ0n) is 15.7. The number of hydrogen-bond acceptors (Lipinski definition) is 5. The Morgan fingerprint density at radius 3 is 2.57 bits per heavy atom. The highest BCUT2D eigenvalue weighted by Crippen LogP contribution is 2.28. The molecule has 3 heterocycles. The van der Waals surface area contributed by atoms with Gasteiger partial charge in [-0.05, 0) is 37.6 Å². The number of furan rings is 1. The van der Waals surface area contributed by atoms with E-state index in [4.69, 9.17) is 4.42 Å². The molecule has 0 N–H and O–H groups in total. The van der Waals surface area contributed by atoms with Gasteiger partial charge in [-0.1, -0.05) is 18.2 Å². The van der Waals surface area contributed by atoms with Gasteiger partial charge in [0.25, 0.3) is 5.91 Å². The van der Waals surface area contributed by atoms with Crippen LogP contribution < -0.4 is 0 Å². The second-order valence-electron chi connectivity index (χ2n) is 7.05. The predicted octanol–water partition coefficient (Wildman–Crippen LogP) is 2.70. The van der Waals surface area contributed by atoms with E-state index in [0.29, 0.717) is 23.4 Å². The van der Waals surface area contributed by atoms with Crippen molar-refractivity contribution in [2.75, 3.05) is 18.6 Å². The number of aryl methyl sites for hydroxylation is 1. The van der Waals surface area contributed by atoms with Crippen LogP contribution in [0.25, 0.3) is 17.1 Å². The molecule has 1 fully saturated rings. The third kappa shape index (κ3) is 3.47. The first-order valence-electron chi connectivity index (χ1n) is 9.03. The van der Waals surface area contributed by atoms with Crippen LogP contribution in [0, 0.1) is 6.92 Å². The number of nitrogens with zero attached hydrogens (tertiary/aromatic N) is 3. The topological polar surface area (TPSA) is 85.4 Å². The number of sulfone groups is 1. The molecule has 2 aromatic heterocycles. The van der Waals surface area contributed by atoms with Crippen molar-refractivity contribution >= 4 is 15.7 Å². The standard InChI is InChI=1S/C20H21N3O4S/c1-14-8-9-18(27-14)19-17(12-23(21-19)15-6-4-3-5-7-15)20(24)22(2)16-10-11-28(25,26)13-16/h3-9,12,16H,10-11,13H2,1-2H3. The van der Waals surface area contributed by atoms with E-state index in [1.807, 2.05) is 43.3 Å². The molecule has 4 rings (SSSR count). The number of carbonyl (C=O) groups excluding carboxylic acids is 1. The number of para-hydroxylation sites is 1. The van der Waals surface area contributed by atoms with Crippen LogP contribution in [0.4, 0.5) is 0 Å². The molecule has 1 aromatic carbocycles. The summed E-state index contributed by atoms with van der Waals surface area (Å²) in [6.07, 6.45) is 2.12. The first kappa shape index (κ1) is 18.5. The van der Waals surface area contributed by atoms with Crippen LogP contribution in [0.15, 0.2) is 53.1 Å². The molecule has 8 heteroatoms. The number of amides is 1. The van der Waals surface area contributed by atoms with E-state index >= 15 is 0 Å². The zero-order valence-corrected chi connectivity index (χ0v) is 16.5. The van der Waals surface area contributed by atoms with E-state index in [-0.39, 0.29) is 23.5 Å². The van der Waals surface area contributed by atoms with Gasteiger partial charge in [0, 0.05) is 19.3 Å². The van der Waals surface area contributed by atoms with E-state index < -0.39 is 9.84 Å². The molecule has 0 spiro atoms. The number of benzene rings is 1. The van der Waals surface area contributed by atoms with Crippen LogP contribution >= 0.6 is 0 Å². The molecule has 0 radical (unpaired) electrons. The summed E-state index contributed by atoms with van der Waals surface area (Å²) >= 11 is 0. The van der Waals surface area contributed by atoms with Gasteiger partial charge >= 0.3 is 0 Å². The number of carbonyl (C=O) groups is 1. The molecule has 1 unspecified atom stereocenters. The molecular formula is C20H21N3O4S. The average Bonchev–Trinajstić information content (AvgIpc) is 3.39. The molecule has 1 amide bonds. The van der Waals surface area contributed by atoms with Crippen molar-refractivity contribution in [1.82, 2.24) is 14.7 Å². The molecule has 7 nitrogen and oxygen atoms in total. The van der Waals surface area contributed by atoms with Gasteiger partial charge in [0.1, 0.15) is 11.5 Å². The molecule has 0 bridgehead atoms. The maximum atomic E-state index is 13.2. The Kier molecular flexibility index (Phi) is 4.58. The summed E-state index contributed by atoms with van der Waals surface area (Å²) in [7, 11) is -1.44.